The van der Waals surface area contributed by atoms with Crippen LogP contribution in [-0.2, 0) is 11.3 Å². The van der Waals surface area contributed by atoms with Gasteiger partial charge < -0.3 is 14.7 Å². The van der Waals surface area contributed by atoms with Crippen molar-refractivity contribution in [3.8, 4) is 5.75 Å². The van der Waals surface area contributed by atoms with E-state index in [1.54, 1.807) is 14.2 Å². The zero-order valence-electron chi connectivity index (χ0n) is 11.7. The molecule has 1 amide bonds. The molecule has 0 spiro atoms. The van der Waals surface area contributed by atoms with Gasteiger partial charge in [-0.3, -0.25) is 4.79 Å². The summed E-state index contributed by atoms with van der Waals surface area (Å²) in [5.41, 5.74) is 4.41. The lowest BCUT2D eigenvalue weighted by Gasteiger charge is -2.21. The third-order valence-electron chi connectivity index (χ3n) is 3.38. The molecular weight excluding hydrogens is 230 g/mol. The topological polar surface area (TPSA) is 49.8 Å². The van der Waals surface area contributed by atoms with Crippen LogP contribution >= 0.6 is 0 Å². The number of aliphatic hydroxyl groups is 1. The van der Waals surface area contributed by atoms with Crippen molar-refractivity contribution in [3.05, 3.63) is 28.3 Å². The van der Waals surface area contributed by atoms with Crippen LogP contribution in [0.2, 0.25) is 0 Å². The fraction of sp³-hybridized carbons (Fsp3) is 0.500. The molecule has 0 radical (unpaired) electrons. The van der Waals surface area contributed by atoms with Crippen molar-refractivity contribution in [3.63, 3.8) is 0 Å². The van der Waals surface area contributed by atoms with Crippen LogP contribution in [0.3, 0.4) is 0 Å². The smallest absolute Gasteiger partial charge is 0.248 e. The van der Waals surface area contributed by atoms with Gasteiger partial charge in [0.25, 0.3) is 0 Å². The molecule has 4 nitrogen and oxygen atoms in total. The van der Waals surface area contributed by atoms with Gasteiger partial charge in [-0.15, -0.1) is 0 Å². The van der Waals surface area contributed by atoms with Crippen molar-refractivity contribution in [1.29, 1.82) is 0 Å². The van der Waals surface area contributed by atoms with Gasteiger partial charge in [-0.05, 0) is 49.1 Å². The third kappa shape index (κ3) is 2.82. The normalized spacial score (nSPS) is 10.3. The van der Waals surface area contributed by atoms with E-state index in [4.69, 9.17) is 9.84 Å². The number of carbonyl (C=O) groups is 1. The highest BCUT2D eigenvalue weighted by Crippen LogP contribution is 2.28. The molecule has 0 aromatic heterocycles. The number of aliphatic hydroxyl groups excluding tert-OH is 1. The van der Waals surface area contributed by atoms with Crippen LogP contribution in [0.25, 0.3) is 0 Å². The molecular formula is C14H21NO3. The largest absolute Gasteiger partial charge is 0.496 e. The number of rotatable bonds is 4. The molecule has 0 unspecified atom stereocenters. The Labute approximate surface area is 108 Å². The third-order valence-corrected chi connectivity index (χ3v) is 3.38. The van der Waals surface area contributed by atoms with Crippen LogP contribution in [0.1, 0.15) is 22.3 Å². The van der Waals surface area contributed by atoms with Gasteiger partial charge in [-0.1, -0.05) is 0 Å². The monoisotopic (exact) mass is 251 g/mol. The van der Waals surface area contributed by atoms with Gasteiger partial charge >= 0.3 is 0 Å². The van der Waals surface area contributed by atoms with Crippen LogP contribution in [-0.4, -0.2) is 36.7 Å². The number of hydrogen-bond acceptors (Lipinski definition) is 3. The number of likely N-dealkylation sites (N-methyl/N-ethyl adjacent to an activating group) is 1. The van der Waals surface area contributed by atoms with Crippen molar-refractivity contribution >= 4 is 5.91 Å². The van der Waals surface area contributed by atoms with Gasteiger partial charge in [-0.25, -0.2) is 0 Å². The van der Waals surface area contributed by atoms with Crippen LogP contribution < -0.4 is 4.74 Å². The zero-order valence-corrected chi connectivity index (χ0v) is 11.7. The van der Waals surface area contributed by atoms with Crippen LogP contribution in [0, 0.1) is 20.8 Å². The van der Waals surface area contributed by atoms with Crippen molar-refractivity contribution in [1.82, 2.24) is 4.90 Å². The quantitative estimate of drug-likeness (QED) is 0.883. The lowest BCUT2D eigenvalue weighted by molar-refractivity contribution is -0.133. The average molecular weight is 251 g/mol. The van der Waals surface area contributed by atoms with E-state index in [0.29, 0.717) is 6.54 Å². The Hall–Kier alpha value is -1.55. The fourth-order valence-electron chi connectivity index (χ4n) is 2.00. The number of carbonyl (C=O) groups excluding carboxylic acids is 1. The standard InChI is InChI=1S/C14H21NO3/c1-9-6-13(18-5)11(3)10(2)12(9)7-15(4)14(17)8-16/h6,16H,7-8H2,1-5H3. The Bertz CT molecular complexity index is 455. The van der Waals surface area contributed by atoms with E-state index in [1.807, 2.05) is 26.8 Å². The van der Waals surface area contributed by atoms with E-state index < -0.39 is 6.61 Å². The highest BCUT2D eigenvalue weighted by Gasteiger charge is 2.14. The molecule has 1 aromatic rings. The van der Waals surface area contributed by atoms with E-state index in [9.17, 15) is 4.79 Å². The molecule has 1 aromatic carbocycles. The summed E-state index contributed by atoms with van der Waals surface area (Å²) in [4.78, 5) is 12.9. The Morgan fingerprint density at radius 3 is 2.44 bits per heavy atom. The first-order chi connectivity index (χ1) is 8.42. The van der Waals surface area contributed by atoms with Crippen molar-refractivity contribution in [2.24, 2.45) is 0 Å². The molecule has 0 atom stereocenters. The number of nitrogens with zero attached hydrogens (tertiary/aromatic N) is 1. The number of methoxy groups -OCH3 is 1. The van der Waals surface area contributed by atoms with E-state index in [1.165, 1.54) is 4.90 Å². The van der Waals surface area contributed by atoms with Crippen LogP contribution in [0.5, 0.6) is 5.75 Å². The molecule has 1 rings (SSSR count). The second-order valence-electron chi connectivity index (χ2n) is 4.53. The van der Waals surface area contributed by atoms with Crippen LogP contribution in [0.15, 0.2) is 6.07 Å². The van der Waals surface area contributed by atoms with Gasteiger partial charge in [0.05, 0.1) is 7.11 Å². The SMILES string of the molecule is COc1cc(C)c(CN(C)C(=O)CO)c(C)c1C. The van der Waals surface area contributed by atoms with Crippen molar-refractivity contribution in [2.75, 3.05) is 20.8 Å². The minimum atomic E-state index is -0.455. The van der Waals surface area contributed by atoms with Crippen molar-refractivity contribution < 1.29 is 14.6 Å². The summed E-state index contributed by atoms with van der Waals surface area (Å²) in [5, 5.41) is 8.85. The van der Waals surface area contributed by atoms with E-state index >= 15 is 0 Å². The zero-order chi connectivity index (χ0) is 13.9. The molecule has 0 aliphatic carbocycles. The lowest BCUT2D eigenvalue weighted by Crippen LogP contribution is -2.29. The predicted octanol–water partition coefficient (Wildman–Crippen LogP) is 1.57. The number of aryl methyl sites for hydroxylation is 1. The van der Waals surface area contributed by atoms with Gasteiger partial charge in [0, 0.05) is 13.6 Å². The second-order valence-corrected chi connectivity index (χ2v) is 4.53. The maximum Gasteiger partial charge on any atom is 0.248 e. The molecule has 0 aliphatic rings. The molecule has 4 heteroatoms. The van der Waals surface area contributed by atoms with Crippen LogP contribution in [0.4, 0.5) is 0 Å². The summed E-state index contributed by atoms with van der Waals surface area (Å²) in [5.74, 6) is 0.590. The van der Waals surface area contributed by atoms with Gasteiger partial charge in [0.2, 0.25) is 5.91 Å². The molecule has 0 bridgehead atoms. The fourth-order valence-corrected chi connectivity index (χ4v) is 2.00. The summed E-state index contributed by atoms with van der Waals surface area (Å²) in [7, 11) is 3.35. The molecule has 1 N–H and O–H groups in total. The average Bonchev–Trinajstić information content (AvgIpc) is 2.37. The molecule has 0 fully saturated rings. The van der Waals surface area contributed by atoms with Gasteiger partial charge in [0.15, 0.2) is 0 Å². The van der Waals surface area contributed by atoms with Gasteiger partial charge in [0.1, 0.15) is 12.4 Å². The van der Waals surface area contributed by atoms with Crippen molar-refractivity contribution in [2.45, 2.75) is 27.3 Å². The summed E-state index contributed by atoms with van der Waals surface area (Å²) in [6, 6.07) is 1.98. The van der Waals surface area contributed by atoms with Gasteiger partial charge in [-0.2, -0.15) is 0 Å². The minimum absolute atomic E-state index is 0.276. The summed E-state index contributed by atoms with van der Waals surface area (Å²) < 4.78 is 5.31. The second kappa shape index (κ2) is 5.87. The van der Waals surface area contributed by atoms with E-state index in [0.717, 1.165) is 28.0 Å². The molecule has 0 aliphatic heterocycles. The molecule has 0 saturated carbocycles. The molecule has 0 heterocycles. The predicted molar refractivity (Wildman–Crippen MR) is 70.8 cm³/mol. The highest BCUT2D eigenvalue weighted by molar-refractivity contribution is 5.77. The Morgan fingerprint density at radius 1 is 1.33 bits per heavy atom. The maximum absolute atomic E-state index is 11.4. The minimum Gasteiger partial charge on any atom is -0.496 e. The number of amides is 1. The molecule has 100 valence electrons. The maximum atomic E-state index is 11.4. The first-order valence-corrected chi connectivity index (χ1v) is 5.90. The Kier molecular flexibility index (Phi) is 4.73. The highest BCUT2D eigenvalue weighted by atomic mass is 16.5. The van der Waals surface area contributed by atoms with E-state index in [2.05, 4.69) is 0 Å². The molecule has 18 heavy (non-hydrogen) atoms. The Morgan fingerprint density at radius 2 is 1.94 bits per heavy atom. The molecule has 0 saturated heterocycles. The first kappa shape index (κ1) is 14.5. The lowest BCUT2D eigenvalue weighted by atomic mass is 9.97. The number of benzene rings is 1. The number of hydrogen-bond donors (Lipinski definition) is 1. The summed E-state index contributed by atoms with van der Waals surface area (Å²) in [6.07, 6.45) is 0. The van der Waals surface area contributed by atoms with E-state index in [-0.39, 0.29) is 5.91 Å². The summed E-state index contributed by atoms with van der Waals surface area (Å²) in [6.45, 7) is 6.08. The Balaban J connectivity index is 3.10. The summed E-state index contributed by atoms with van der Waals surface area (Å²) >= 11 is 0. The number of ether oxygens (including phenoxy) is 1. The first-order valence-electron chi connectivity index (χ1n) is 5.90.